The first-order valence-corrected chi connectivity index (χ1v) is 20.2. The molecule has 1 unspecified atom stereocenters. The molecule has 1 aliphatic carbocycles. The SMILES string of the molecule is CCC1(c2cc3c(-c4cccc(NC)c4C)ncnc3[nH]2)CC(C(=O)N2CCN(CCCCCC(NCC3=C(C)C=CCN3)c3ncccc3C)CC2)C1. The molecule has 7 rings (SSSR count). The summed E-state index contributed by atoms with van der Waals surface area (Å²) in [4.78, 5) is 36.2. The van der Waals surface area contributed by atoms with Crippen LogP contribution in [0, 0.1) is 19.8 Å². The van der Waals surface area contributed by atoms with Crippen LogP contribution in [0.25, 0.3) is 22.3 Å². The molecule has 10 nitrogen and oxygen atoms in total. The van der Waals surface area contributed by atoms with Crippen molar-refractivity contribution in [2.45, 2.75) is 84.1 Å². The van der Waals surface area contributed by atoms with E-state index in [1.54, 1.807) is 6.33 Å². The Hall–Kier alpha value is -4.54. The fourth-order valence-electron chi connectivity index (χ4n) is 8.95. The van der Waals surface area contributed by atoms with Gasteiger partial charge >= 0.3 is 0 Å². The number of nitrogens with zero attached hydrogens (tertiary/aromatic N) is 5. The molecule has 4 N–H and O–H groups in total. The van der Waals surface area contributed by atoms with Crippen LogP contribution >= 0.6 is 0 Å². The Morgan fingerprint density at radius 2 is 1.85 bits per heavy atom. The van der Waals surface area contributed by atoms with Crippen molar-refractivity contribution in [2.24, 2.45) is 5.92 Å². The van der Waals surface area contributed by atoms with Gasteiger partial charge in [-0.25, -0.2) is 9.97 Å². The monoisotopic (exact) mass is 729 g/mol. The lowest BCUT2D eigenvalue weighted by atomic mass is 9.58. The number of allylic oxidation sites excluding steroid dienone is 2. The number of H-pyrrole nitrogens is 1. The Kier molecular flexibility index (Phi) is 11.8. The summed E-state index contributed by atoms with van der Waals surface area (Å²) in [5, 5.41) is 11.7. The molecule has 0 spiro atoms. The largest absolute Gasteiger partial charge is 0.388 e. The number of amides is 1. The second-order valence-electron chi connectivity index (χ2n) is 15.7. The minimum absolute atomic E-state index is 0.0356. The molecule has 0 radical (unpaired) electrons. The number of fused-ring (bicyclic) bond motifs is 1. The van der Waals surface area contributed by atoms with Gasteiger partial charge in [0.1, 0.15) is 12.0 Å². The molecule has 1 atom stereocenters. The third-order valence-electron chi connectivity index (χ3n) is 12.5. The fraction of sp³-hybridized carbons (Fsp3) is 0.500. The Balaban J connectivity index is 0.876. The number of aromatic amines is 1. The zero-order valence-corrected chi connectivity index (χ0v) is 33.0. The van der Waals surface area contributed by atoms with E-state index in [2.05, 4.69) is 106 Å². The standard InChI is InChI=1S/C44H59N9O/c1-6-44(39-25-35-41(49-29-50-42(35)51-39)34-15-10-17-36(45-5)32(34)4)26-33(27-44)43(54)53-23-21-52(22-24-53)20-9-7-8-16-37(40-31(3)14-12-19-47-40)48-28-38-30(2)13-11-18-46-38/h10-15,17,19,25,29,33,37,45-46,48H,6-9,16,18,20-24,26-28H2,1-5H3,(H,49,50,51). The molecule has 1 saturated heterocycles. The number of piperazine rings is 1. The zero-order valence-electron chi connectivity index (χ0n) is 33.0. The van der Waals surface area contributed by atoms with E-state index in [-0.39, 0.29) is 17.4 Å². The Morgan fingerprint density at radius 3 is 2.61 bits per heavy atom. The van der Waals surface area contributed by atoms with Crippen LogP contribution in [-0.2, 0) is 10.2 Å². The van der Waals surface area contributed by atoms with Crippen LogP contribution in [0.5, 0.6) is 0 Å². The number of dihydropyridines is 1. The number of anilines is 1. The van der Waals surface area contributed by atoms with Gasteiger partial charge < -0.3 is 25.8 Å². The lowest BCUT2D eigenvalue weighted by molar-refractivity contribution is -0.142. The van der Waals surface area contributed by atoms with Gasteiger partial charge in [-0.2, -0.15) is 0 Å². The Labute approximate surface area is 321 Å². The highest BCUT2D eigenvalue weighted by atomic mass is 16.2. The highest BCUT2D eigenvalue weighted by Crippen LogP contribution is 2.51. The lowest BCUT2D eigenvalue weighted by Crippen LogP contribution is -2.54. The van der Waals surface area contributed by atoms with Gasteiger partial charge in [0.15, 0.2) is 0 Å². The summed E-state index contributed by atoms with van der Waals surface area (Å²) in [6.45, 7) is 15.1. The number of aromatic nitrogens is 4. The number of rotatable bonds is 15. The van der Waals surface area contributed by atoms with Crippen LogP contribution < -0.4 is 16.0 Å². The summed E-state index contributed by atoms with van der Waals surface area (Å²) in [5.74, 6) is 0.418. The molecule has 3 aromatic heterocycles. The van der Waals surface area contributed by atoms with Gasteiger partial charge in [0, 0.05) is 91.9 Å². The van der Waals surface area contributed by atoms with E-state index in [0.717, 1.165) is 112 Å². The second kappa shape index (κ2) is 16.9. The Bertz CT molecular complexity index is 1980. The zero-order chi connectivity index (χ0) is 37.7. The third-order valence-corrected chi connectivity index (χ3v) is 12.5. The maximum Gasteiger partial charge on any atom is 0.225 e. The van der Waals surface area contributed by atoms with Crippen LogP contribution in [0.1, 0.15) is 87.3 Å². The fourth-order valence-corrected chi connectivity index (χ4v) is 8.95. The quantitative estimate of drug-likeness (QED) is 0.0951. The summed E-state index contributed by atoms with van der Waals surface area (Å²) in [6.07, 6.45) is 15.3. The molecule has 286 valence electrons. The van der Waals surface area contributed by atoms with Crippen molar-refractivity contribution in [2.75, 3.05) is 58.2 Å². The molecule has 2 fully saturated rings. The summed E-state index contributed by atoms with van der Waals surface area (Å²) >= 11 is 0. The molecule has 5 heterocycles. The average molecular weight is 730 g/mol. The molecular formula is C44H59N9O. The predicted molar refractivity (Wildman–Crippen MR) is 219 cm³/mol. The van der Waals surface area contributed by atoms with Crippen LogP contribution in [0.4, 0.5) is 5.69 Å². The van der Waals surface area contributed by atoms with Crippen molar-refractivity contribution in [3.8, 4) is 11.3 Å². The van der Waals surface area contributed by atoms with Gasteiger partial charge in [0.05, 0.1) is 17.4 Å². The topological polar surface area (TPSA) is 114 Å². The van der Waals surface area contributed by atoms with Crippen LogP contribution in [0.3, 0.4) is 0 Å². The summed E-state index contributed by atoms with van der Waals surface area (Å²) in [6, 6.07) is 13.0. The van der Waals surface area contributed by atoms with Crippen molar-refractivity contribution >= 4 is 22.6 Å². The first kappa shape index (κ1) is 37.8. The molecular weight excluding hydrogens is 671 g/mol. The number of aryl methyl sites for hydroxylation is 1. The number of hydrogen-bond acceptors (Lipinski definition) is 8. The number of benzene rings is 1. The van der Waals surface area contributed by atoms with Gasteiger partial charge in [0.25, 0.3) is 0 Å². The van der Waals surface area contributed by atoms with E-state index in [1.807, 2.05) is 19.3 Å². The number of carbonyl (C=O) groups is 1. The minimum atomic E-state index is -0.0356. The number of pyridine rings is 1. The molecule has 1 aromatic carbocycles. The first-order valence-electron chi connectivity index (χ1n) is 20.2. The van der Waals surface area contributed by atoms with E-state index in [1.165, 1.54) is 40.9 Å². The van der Waals surface area contributed by atoms with E-state index in [4.69, 9.17) is 9.97 Å². The molecule has 0 bridgehead atoms. The highest BCUT2D eigenvalue weighted by Gasteiger charge is 2.49. The van der Waals surface area contributed by atoms with Crippen LogP contribution in [-0.4, -0.2) is 88.5 Å². The number of nitrogens with one attached hydrogen (secondary N) is 4. The first-order chi connectivity index (χ1) is 26.3. The molecule has 1 amide bonds. The van der Waals surface area contributed by atoms with Gasteiger partial charge in [0.2, 0.25) is 5.91 Å². The lowest BCUT2D eigenvalue weighted by Gasteiger charge is -2.48. The molecule has 3 aliphatic rings. The van der Waals surface area contributed by atoms with Crippen molar-refractivity contribution < 1.29 is 4.79 Å². The van der Waals surface area contributed by atoms with Gasteiger partial charge in [-0.3, -0.25) is 14.7 Å². The minimum Gasteiger partial charge on any atom is -0.388 e. The number of carbonyl (C=O) groups excluding carboxylic acids is 1. The van der Waals surface area contributed by atoms with Gasteiger partial charge in [-0.05, 0) is 94.3 Å². The normalized spacial score (nSPS) is 20.9. The maximum absolute atomic E-state index is 13.8. The second-order valence-corrected chi connectivity index (χ2v) is 15.7. The van der Waals surface area contributed by atoms with E-state index < -0.39 is 0 Å². The molecule has 4 aromatic rings. The molecule has 2 aliphatic heterocycles. The molecule has 10 heteroatoms. The van der Waals surface area contributed by atoms with Crippen molar-refractivity contribution in [1.29, 1.82) is 0 Å². The van der Waals surface area contributed by atoms with Crippen LogP contribution in [0.2, 0.25) is 0 Å². The summed E-state index contributed by atoms with van der Waals surface area (Å²) < 4.78 is 0. The number of hydrogen-bond donors (Lipinski definition) is 4. The van der Waals surface area contributed by atoms with Gasteiger partial charge in [-0.1, -0.05) is 50.1 Å². The number of unbranched alkanes of at least 4 members (excludes halogenated alkanes) is 2. The van der Waals surface area contributed by atoms with Crippen molar-refractivity contribution in [1.82, 2.24) is 40.4 Å². The van der Waals surface area contributed by atoms with E-state index in [0.29, 0.717) is 5.91 Å². The maximum atomic E-state index is 13.8. The van der Waals surface area contributed by atoms with E-state index >= 15 is 0 Å². The smallest absolute Gasteiger partial charge is 0.225 e. The third kappa shape index (κ3) is 7.96. The van der Waals surface area contributed by atoms with Crippen molar-refractivity contribution in [3.63, 3.8) is 0 Å². The van der Waals surface area contributed by atoms with Gasteiger partial charge in [-0.15, -0.1) is 0 Å². The molecule has 54 heavy (non-hydrogen) atoms. The highest BCUT2D eigenvalue weighted by molar-refractivity contribution is 5.93. The predicted octanol–water partition coefficient (Wildman–Crippen LogP) is 7.21. The molecule has 1 saturated carbocycles. The van der Waals surface area contributed by atoms with Crippen LogP contribution in [0.15, 0.2) is 72.3 Å². The summed E-state index contributed by atoms with van der Waals surface area (Å²) in [5.41, 5.74) is 11.3. The van der Waals surface area contributed by atoms with Crippen molar-refractivity contribution in [3.05, 3.63) is 94.9 Å². The summed E-state index contributed by atoms with van der Waals surface area (Å²) in [7, 11) is 1.95. The Morgan fingerprint density at radius 1 is 1.02 bits per heavy atom. The van der Waals surface area contributed by atoms with E-state index in [9.17, 15) is 4.79 Å². The average Bonchev–Trinajstić information content (AvgIpc) is 3.62.